The van der Waals surface area contributed by atoms with Gasteiger partial charge >= 0.3 is 25.7 Å². The Morgan fingerprint density at radius 2 is 0.877 bits per heavy atom. The molecule has 11 nitrogen and oxygen atoms in total. The van der Waals surface area contributed by atoms with Gasteiger partial charge < -0.3 is 25.2 Å². The Morgan fingerprint density at radius 1 is 0.526 bits per heavy atom. The van der Waals surface area contributed by atoms with Crippen LogP contribution in [0.25, 0.3) is 0 Å². The number of carbonyl (C=O) groups is 3. The van der Waals surface area contributed by atoms with E-state index in [0.717, 1.165) is 57.8 Å². The molecule has 0 radical (unpaired) electrons. The van der Waals surface area contributed by atoms with Gasteiger partial charge in [-0.15, -0.1) is 0 Å². The number of rotatable bonds is 44. The maximum absolute atomic E-state index is 12.6. The summed E-state index contributed by atoms with van der Waals surface area (Å²) in [6.45, 7) is 2.83. The highest BCUT2D eigenvalue weighted by Gasteiger charge is 2.28. The van der Waals surface area contributed by atoms with Gasteiger partial charge in [-0.05, 0) is 38.5 Å². The molecular formula is C45H86NO10P. The van der Waals surface area contributed by atoms with E-state index < -0.39 is 51.1 Å². The van der Waals surface area contributed by atoms with Crippen molar-refractivity contribution in [2.24, 2.45) is 5.73 Å². The first kappa shape index (κ1) is 55.2. The van der Waals surface area contributed by atoms with Crippen LogP contribution in [-0.4, -0.2) is 59.9 Å². The number of hydrogen-bond donors (Lipinski definition) is 3. The largest absolute Gasteiger partial charge is 0.480 e. The second-order valence-corrected chi connectivity index (χ2v) is 17.3. The fourth-order valence-electron chi connectivity index (χ4n) is 6.59. The second-order valence-electron chi connectivity index (χ2n) is 15.9. The zero-order valence-corrected chi connectivity index (χ0v) is 37.3. The summed E-state index contributed by atoms with van der Waals surface area (Å²) < 4.78 is 32.7. The summed E-state index contributed by atoms with van der Waals surface area (Å²) in [7, 11) is -4.71. The van der Waals surface area contributed by atoms with Gasteiger partial charge in [0.15, 0.2) is 6.10 Å². The van der Waals surface area contributed by atoms with Crippen LogP contribution in [0.2, 0.25) is 0 Å². The zero-order chi connectivity index (χ0) is 42.1. The predicted octanol–water partition coefficient (Wildman–Crippen LogP) is 12.5. The van der Waals surface area contributed by atoms with E-state index in [0.29, 0.717) is 12.8 Å². The minimum atomic E-state index is -4.71. The van der Waals surface area contributed by atoms with Crippen LogP contribution in [0.4, 0.5) is 0 Å². The SMILES string of the molecule is CCCCCCCCC/C=C\CCCCCCCC(=O)OC[C@H](COP(=O)(O)OC[C@H](N)C(=O)O)OC(=O)CCCCCCCCCCCCCCCCCCC. The number of phosphoric ester groups is 1. The first-order chi connectivity index (χ1) is 27.6. The molecular weight excluding hydrogens is 745 g/mol. The number of phosphoric acid groups is 1. The Balaban J connectivity index is 4.30. The topological polar surface area (TPSA) is 172 Å². The first-order valence-corrected chi connectivity index (χ1v) is 24.7. The van der Waals surface area contributed by atoms with E-state index in [2.05, 4.69) is 30.5 Å². The summed E-state index contributed by atoms with van der Waals surface area (Å²) in [6.07, 6.45) is 41.3. The van der Waals surface area contributed by atoms with Crippen LogP contribution in [-0.2, 0) is 37.5 Å². The van der Waals surface area contributed by atoms with Gasteiger partial charge in [0.1, 0.15) is 12.6 Å². The smallest absolute Gasteiger partial charge is 0.472 e. The standard InChI is InChI=1S/C45H86NO10P/c1-3-5-7-9-11-13-15-17-19-21-23-25-27-29-31-33-35-37-44(48)56-41(39-54-57(51,52)55-40-42(46)45(49)50)38-53-43(47)36-34-32-30-28-26-24-22-20-18-16-14-12-10-8-6-4-2/h20,22,41-42H,3-19,21,23-40,46H2,1-2H3,(H,49,50)(H,51,52)/b22-20-/t41-,42+/m1/s1. The third kappa shape index (κ3) is 40.8. The summed E-state index contributed by atoms with van der Waals surface area (Å²) in [5.41, 5.74) is 5.34. The molecule has 4 N–H and O–H groups in total. The number of allylic oxidation sites excluding steroid dienone is 2. The number of unbranched alkanes of at least 4 members (excludes halogenated alkanes) is 28. The van der Waals surface area contributed by atoms with E-state index in [1.807, 2.05) is 0 Å². The summed E-state index contributed by atoms with van der Waals surface area (Å²) in [5.74, 6) is -2.37. The van der Waals surface area contributed by atoms with E-state index >= 15 is 0 Å². The number of hydrogen-bond acceptors (Lipinski definition) is 9. The molecule has 0 aliphatic heterocycles. The molecule has 0 rings (SSSR count). The van der Waals surface area contributed by atoms with Crippen molar-refractivity contribution in [3.8, 4) is 0 Å². The van der Waals surface area contributed by atoms with Crippen LogP contribution in [0.15, 0.2) is 12.2 Å². The van der Waals surface area contributed by atoms with Gasteiger partial charge in [-0.3, -0.25) is 23.4 Å². The van der Waals surface area contributed by atoms with E-state index in [1.54, 1.807) is 0 Å². The third-order valence-corrected chi connectivity index (χ3v) is 11.2. The summed E-state index contributed by atoms with van der Waals surface area (Å²) in [5, 5.41) is 8.90. The van der Waals surface area contributed by atoms with Crippen molar-refractivity contribution in [2.45, 2.75) is 238 Å². The average Bonchev–Trinajstić information content (AvgIpc) is 3.19. The summed E-state index contributed by atoms with van der Waals surface area (Å²) >= 11 is 0. The van der Waals surface area contributed by atoms with Gasteiger partial charge in [-0.25, -0.2) is 4.57 Å². The fraction of sp³-hybridized carbons (Fsp3) is 0.889. The van der Waals surface area contributed by atoms with Gasteiger partial charge in [0, 0.05) is 12.8 Å². The van der Waals surface area contributed by atoms with E-state index in [4.69, 9.17) is 24.8 Å². The predicted molar refractivity (Wildman–Crippen MR) is 231 cm³/mol. The molecule has 0 aliphatic rings. The zero-order valence-electron chi connectivity index (χ0n) is 36.5. The molecule has 1 unspecified atom stereocenters. The van der Waals surface area contributed by atoms with Crippen molar-refractivity contribution in [1.29, 1.82) is 0 Å². The van der Waals surface area contributed by atoms with Crippen LogP contribution < -0.4 is 5.73 Å². The molecule has 0 aromatic carbocycles. The Kier molecular flexibility index (Phi) is 39.7. The molecule has 0 fully saturated rings. The molecule has 0 aliphatic carbocycles. The second kappa shape index (κ2) is 41.0. The van der Waals surface area contributed by atoms with Gasteiger partial charge in [-0.1, -0.05) is 187 Å². The molecule has 57 heavy (non-hydrogen) atoms. The van der Waals surface area contributed by atoms with Crippen molar-refractivity contribution in [1.82, 2.24) is 0 Å². The summed E-state index contributed by atoms with van der Waals surface area (Å²) in [6, 6.07) is -1.52. The molecule has 0 heterocycles. The van der Waals surface area contributed by atoms with Crippen LogP contribution in [0.5, 0.6) is 0 Å². The molecule has 0 aromatic rings. The number of aliphatic carboxylic acids is 1. The third-order valence-electron chi connectivity index (χ3n) is 10.3. The lowest BCUT2D eigenvalue weighted by Gasteiger charge is -2.20. The summed E-state index contributed by atoms with van der Waals surface area (Å²) in [4.78, 5) is 46.0. The van der Waals surface area contributed by atoms with Crippen molar-refractivity contribution in [3.63, 3.8) is 0 Å². The maximum Gasteiger partial charge on any atom is 0.472 e. The molecule has 0 saturated heterocycles. The van der Waals surface area contributed by atoms with Gasteiger partial charge in [0.05, 0.1) is 13.2 Å². The monoisotopic (exact) mass is 832 g/mol. The van der Waals surface area contributed by atoms with Crippen molar-refractivity contribution in [3.05, 3.63) is 12.2 Å². The van der Waals surface area contributed by atoms with Gasteiger partial charge in [0.2, 0.25) is 0 Å². The molecule has 12 heteroatoms. The Bertz CT molecular complexity index is 1030. The number of ether oxygens (including phenoxy) is 2. The number of carboxylic acid groups (broad SMARTS) is 1. The Hall–Kier alpha value is -1.78. The molecule has 0 spiro atoms. The van der Waals surface area contributed by atoms with Crippen molar-refractivity contribution >= 4 is 25.7 Å². The van der Waals surface area contributed by atoms with Gasteiger partial charge in [-0.2, -0.15) is 0 Å². The normalized spacial score (nSPS) is 13.8. The number of carbonyl (C=O) groups excluding carboxylic acids is 2. The van der Waals surface area contributed by atoms with Crippen LogP contribution in [0, 0.1) is 0 Å². The number of nitrogens with two attached hydrogens (primary N) is 1. The molecule has 0 saturated carbocycles. The maximum atomic E-state index is 12.6. The average molecular weight is 832 g/mol. The highest BCUT2D eigenvalue weighted by Crippen LogP contribution is 2.43. The molecule has 0 aromatic heterocycles. The molecule has 336 valence electrons. The van der Waals surface area contributed by atoms with Crippen LogP contribution >= 0.6 is 7.82 Å². The first-order valence-electron chi connectivity index (χ1n) is 23.2. The van der Waals surface area contributed by atoms with Crippen LogP contribution in [0.3, 0.4) is 0 Å². The minimum Gasteiger partial charge on any atom is -0.480 e. The molecule has 3 atom stereocenters. The minimum absolute atomic E-state index is 0.165. The lowest BCUT2D eigenvalue weighted by Crippen LogP contribution is -2.34. The van der Waals surface area contributed by atoms with E-state index in [1.165, 1.54) is 128 Å². The van der Waals surface area contributed by atoms with E-state index in [9.17, 15) is 23.8 Å². The quantitative estimate of drug-likeness (QED) is 0.0231. The Morgan fingerprint density at radius 3 is 1.28 bits per heavy atom. The van der Waals surface area contributed by atoms with Crippen molar-refractivity contribution in [2.75, 3.05) is 19.8 Å². The lowest BCUT2D eigenvalue weighted by molar-refractivity contribution is -0.161. The Labute approximate surface area is 348 Å². The molecule has 0 bridgehead atoms. The lowest BCUT2D eigenvalue weighted by atomic mass is 10.0. The number of esters is 2. The van der Waals surface area contributed by atoms with E-state index in [-0.39, 0.29) is 19.4 Å². The van der Waals surface area contributed by atoms with Gasteiger partial charge in [0.25, 0.3) is 0 Å². The highest BCUT2D eigenvalue weighted by atomic mass is 31.2. The van der Waals surface area contributed by atoms with Crippen molar-refractivity contribution < 1.29 is 47.5 Å². The fourth-order valence-corrected chi connectivity index (χ4v) is 7.37. The van der Waals surface area contributed by atoms with Crippen LogP contribution in [0.1, 0.15) is 226 Å². The number of carboxylic acids is 1. The highest BCUT2D eigenvalue weighted by molar-refractivity contribution is 7.47. The molecule has 0 amide bonds.